The van der Waals surface area contributed by atoms with Crippen LogP contribution in [0.4, 0.5) is 0 Å². The molecule has 270 valence electrons. The fourth-order valence-electron chi connectivity index (χ4n) is 6.42. The molecule has 10 heteroatoms. The molecule has 2 aromatic heterocycles. The number of carbonyl (C=O) groups is 2. The van der Waals surface area contributed by atoms with Crippen LogP contribution in [-0.4, -0.2) is 57.8 Å². The van der Waals surface area contributed by atoms with E-state index in [9.17, 15) is 9.59 Å². The van der Waals surface area contributed by atoms with Gasteiger partial charge in [-0.15, -0.1) is 23.5 Å². The van der Waals surface area contributed by atoms with Crippen molar-refractivity contribution in [2.45, 2.75) is 81.6 Å². The Labute approximate surface area is 322 Å². The summed E-state index contributed by atoms with van der Waals surface area (Å²) < 4.78 is 0. The van der Waals surface area contributed by atoms with Crippen LogP contribution in [0, 0.1) is 25.2 Å². The van der Waals surface area contributed by atoms with E-state index in [-0.39, 0.29) is 17.2 Å². The van der Waals surface area contributed by atoms with E-state index in [1.165, 1.54) is 6.42 Å². The molecule has 4 heterocycles. The molecule has 1 unspecified atom stereocenters. The van der Waals surface area contributed by atoms with Crippen LogP contribution < -0.4 is 0 Å². The summed E-state index contributed by atoms with van der Waals surface area (Å²) in [6, 6.07) is 23.5. The van der Waals surface area contributed by atoms with Crippen molar-refractivity contribution in [1.82, 2.24) is 19.8 Å². The molecule has 1 atom stereocenters. The monoisotopic (exact) mass is 762 g/mol. The number of hydrogen-bond acceptors (Lipinski definition) is 6. The second-order valence-electron chi connectivity index (χ2n) is 14.4. The number of rotatable bonds is 8. The molecule has 0 aliphatic carbocycles. The van der Waals surface area contributed by atoms with Gasteiger partial charge >= 0.3 is 0 Å². The molecule has 2 amide bonds. The summed E-state index contributed by atoms with van der Waals surface area (Å²) in [5.74, 6) is 2.04. The standard InChI is InChI=1S/C21H25ClN2OS.C20H23ClN2OS/c1-15-7-4-10-18(19(15)22)26-13-16-8-5-9-17(23-16)20(25)24-12-6-11-21(2,3)14-24;1-14-6-5-11-23(12-14)20(24)17-9-4-8-16(22-17)13-25-18-10-3-7-15(2)19(18)21/h4-5,7-10H,6,11-14H2,1-3H3;3-4,7-10,14H,5-6,11-13H2,1-2H3. The van der Waals surface area contributed by atoms with Gasteiger partial charge in [-0.3, -0.25) is 9.59 Å². The number of aryl methyl sites for hydroxylation is 2. The number of aromatic nitrogens is 2. The molecule has 0 saturated carbocycles. The van der Waals surface area contributed by atoms with Crippen molar-refractivity contribution in [2.75, 3.05) is 26.2 Å². The molecule has 0 radical (unpaired) electrons. The average Bonchev–Trinajstić information content (AvgIpc) is 3.12. The normalized spacial score (nSPS) is 17.0. The van der Waals surface area contributed by atoms with E-state index in [1.807, 2.05) is 96.4 Å². The lowest BCUT2D eigenvalue weighted by molar-refractivity contribution is 0.0577. The maximum Gasteiger partial charge on any atom is 0.272 e. The summed E-state index contributed by atoms with van der Waals surface area (Å²) in [6.45, 7) is 13.9. The highest BCUT2D eigenvalue weighted by molar-refractivity contribution is 7.98. The molecule has 6 nitrogen and oxygen atoms in total. The molecular weight excluding hydrogens is 716 g/mol. The van der Waals surface area contributed by atoms with E-state index in [4.69, 9.17) is 23.2 Å². The fraction of sp³-hybridized carbons (Fsp3) is 0.415. The van der Waals surface area contributed by atoms with Gasteiger partial charge in [-0.25, -0.2) is 9.97 Å². The smallest absolute Gasteiger partial charge is 0.272 e. The fourth-order valence-corrected chi connectivity index (χ4v) is 8.85. The SMILES string of the molecule is Cc1cccc(SCc2cccc(C(=O)N3CCCC(C)(C)C3)n2)c1Cl.Cc1cccc(SCc2cccc(C(=O)N3CCCC(C)C3)n2)c1Cl. The number of nitrogens with zero attached hydrogens (tertiary/aromatic N) is 4. The van der Waals surface area contributed by atoms with Gasteiger partial charge in [-0.05, 0) is 98.4 Å². The van der Waals surface area contributed by atoms with Gasteiger partial charge in [0.1, 0.15) is 11.4 Å². The van der Waals surface area contributed by atoms with Gasteiger partial charge in [0.2, 0.25) is 0 Å². The topological polar surface area (TPSA) is 66.4 Å². The van der Waals surface area contributed by atoms with Crippen LogP contribution in [0.25, 0.3) is 0 Å². The highest BCUT2D eigenvalue weighted by Gasteiger charge is 2.30. The average molecular weight is 764 g/mol. The molecule has 2 fully saturated rings. The summed E-state index contributed by atoms with van der Waals surface area (Å²) >= 11 is 16.0. The highest BCUT2D eigenvalue weighted by Crippen LogP contribution is 2.33. The number of hydrogen-bond donors (Lipinski definition) is 0. The number of carbonyl (C=O) groups excluding carboxylic acids is 2. The predicted octanol–water partition coefficient (Wildman–Crippen LogP) is 10.8. The van der Waals surface area contributed by atoms with Gasteiger partial charge in [0.25, 0.3) is 11.8 Å². The van der Waals surface area contributed by atoms with E-state index in [2.05, 4.69) is 30.7 Å². The Morgan fingerprint density at radius 3 is 1.75 bits per heavy atom. The molecule has 0 bridgehead atoms. The first-order chi connectivity index (χ1) is 24.4. The minimum Gasteiger partial charge on any atom is -0.337 e. The van der Waals surface area contributed by atoms with E-state index in [0.29, 0.717) is 28.8 Å². The summed E-state index contributed by atoms with van der Waals surface area (Å²) in [7, 11) is 0. The Balaban J connectivity index is 0.000000198. The first-order valence-corrected chi connectivity index (χ1v) is 20.4. The van der Waals surface area contributed by atoms with Crippen LogP contribution in [0.1, 0.15) is 89.9 Å². The summed E-state index contributed by atoms with van der Waals surface area (Å²) in [5.41, 5.74) is 5.21. The second-order valence-corrected chi connectivity index (χ2v) is 17.2. The highest BCUT2D eigenvalue weighted by atomic mass is 35.5. The van der Waals surface area contributed by atoms with Crippen molar-refractivity contribution in [2.24, 2.45) is 11.3 Å². The van der Waals surface area contributed by atoms with Crippen molar-refractivity contribution >= 4 is 58.5 Å². The Morgan fingerprint density at radius 1 is 0.745 bits per heavy atom. The minimum atomic E-state index is 0.0400. The third-order valence-corrected chi connectivity index (χ3v) is 12.7. The third-order valence-electron chi connectivity index (χ3n) is 9.25. The number of thioether (sulfide) groups is 2. The van der Waals surface area contributed by atoms with Gasteiger partial charge in [0, 0.05) is 47.5 Å². The summed E-state index contributed by atoms with van der Waals surface area (Å²) in [5, 5.41) is 1.59. The number of likely N-dealkylation sites (tertiary alicyclic amines) is 2. The van der Waals surface area contributed by atoms with E-state index in [0.717, 1.165) is 87.8 Å². The Bertz CT molecular complexity index is 1840. The molecule has 51 heavy (non-hydrogen) atoms. The van der Waals surface area contributed by atoms with E-state index < -0.39 is 0 Å². The maximum absolute atomic E-state index is 12.8. The Morgan fingerprint density at radius 2 is 1.24 bits per heavy atom. The third kappa shape index (κ3) is 11.0. The first kappa shape index (κ1) is 39.2. The van der Waals surface area contributed by atoms with Gasteiger partial charge in [0.05, 0.1) is 21.4 Å². The lowest BCUT2D eigenvalue weighted by atomic mass is 9.84. The predicted molar refractivity (Wildman–Crippen MR) is 213 cm³/mol. The Kier molecular flexibility index (Phi) is 13.9. The van der Waals surface area contributed by atoms with Gasteiger partial charge < -0.3 is 9.80 Å². The van der Waals surface area contributed by atoms with Crippen molar-refractivity contribution in [3.05, 3.63) is 117 Å². The number of piperidine rings is 2. The quantitative estimate of drug-likeness (QED) is 0.167. The van der Waals surface area contributed by atoms with Crippen LogP contribution in [-0.2, 0) is 11.5 Å². The molecule has 2 aromatic carbocycles. The molecule has 4 aromatic rings. The van der Waals surface area contributed by atoms with Crippen molar-refractivity contribution in [3.8, 4) is 0 Å². The van der Waals surface area contributed by atoms with Crippen molar-refractivity contribution in [1.29, 1.82) is 0 Å². The summed E-state index contributed by atoms with van der Waals surface area (Å²) in [6.07, 6.45) is 4.50. The van der Waals surface area contributed by atoms with Crippen LogP contribution in [0.5, 0.6) is 0 Å². The van der Waals surface area contributed by atoms with Crippen molar-refractivity contribution in [3.63, 3.8) is 0 Å². The van der Waals surface area contributed by atoms with Crippen LogP contribution >= 0.6 is 46.7 Å². The van der Waals surface area contributed by atoms with E-state index in [1.54, 1.807) is 23.5 Å². The minimum absolute atomic E-state index is 0.0400. The van der Waals surface area contributed by atoms with Gasteiger partial charge in [-0.2, -0.15) is 0 Å². The number of benzene rings is 2. The first-order valence-electron chi connectivity index (χ1n) is 17.7. The second kappa shape index (κ2) is 18.1. The number of halogens is 2. The molecule has 0 spiro atoms. The van der Waals surface area contributed by atoms with Crippen LogP contribution in [0.2, 0.25) is 10.0 Å². The van der Waals surface area contributed by atoms with Crippen molar-refractivity contribution < 1.29 is 9.59 Å². The van der Waals surface area contributed by atoms with E-state index >= 15 is 0 Å². The van der Waals surface area contributed by atoms with Crippen LogP contribution in [0.3, 0.4) is 0 Å². The molecule has 2 aliphatic rings. The molecule has 6 rings (SSSR count). The lowest BCUT2D eigenvalue weighted by Crippen LogP contribution is -2.43. The zero-order chi connectivity index (χ0) is 36.5. The number of amides is 2. The van der Waals surface area contributed by atoms with Gasteiger partial charge in [0.15, 0.2) is 0 Å². The zero-order valence-corrected chi connectivity index (χ0v) is 33.4. The van der Waals surface area contributed by atoms with Crippen LogP contribution in [0.15, 0.2) is 82.6 Å². The largest absolute Gasteiger partial charge is 0.337 e. The zero-order valence-electron chi connectivity index (χ0n) is 30.3. The maximum atomic E-state index is 12.8. The molecule has 2 aliphatic heterocycles. The molecule has 2 saturated heterocycles. The molecule has 0 N–H and O–H groups in total. The Hall–Kier alpha value is -3.04. The number of pyridine rings is 2. The molecular formula is C41H48Cl2N4O2S2. The van der Waals surface area contributed by atoms with Gasteiger partial charge in [-0.1, -0.05) is 80.4 Å². The lowest BCUT2D eigenvalue weighted by Gasteiger charge is -2.37. The summed E-state index contributed by atoms with van der Waals surface area (Å²) in [4.78, 5) is 40.7.